The Morgan fingerprint density at radius 1 is 0.935 bits per heavy atom. The van der Waals surface area contributed by atoms with Crippen molar-refractivity contribution >= 4 is 11.4 Å². The second-order valence-electron chi connectivity index (χ2n) is 7.40. The fourth-order valence-corrected chi connectivity index (χ4v) is 3.54. The van der Waals surface area contributed by atoms with Crippen molar-refractivity contribution in [3.8, 4) is 0 Å². The summed E-state index contributed by atoms with van der Waals surface area (Å²) in [6.45, 7) is 6.57. The van der Waals surface area contributed by atoms with E-state index in [0.717, 1.165) is 19.3 Å². The molecular formula is C28H38N2Ni. The van der Waals surface area contributed by atoms with E-state index in [-0.39, 0.29) is 31.3 Å². The molecule has 0 saturated carbocycles. The maximum absolute atomic E-state index is 8.96. The van der Waals surface area contributed by atoms with Gasteiger partial charge in [0.15, 0.2) is 0 Å². The van der Waals surface area contributed by atoms with Crippen molar-refractivity contribution in [1.82, 2.24) is 0 Å². The summed E-state index contributed by atoms with van der Waals surface area (Å²) >= 11 is 0. The fraction of sp³-hybridized carbons (Fsp3) is 0.357. The Labute approximate surface area is 201 Å². The van der Waals surface area contributed by atoms with Crippen molar-refractivity contribution in [3.05, 3.63) is 103 Å². The zero-order chi connectivity index (χ0) is 20.2. The number of rotatable bonds is 10. The molecule has 0 aliphatic carbocycles. The molecule has 0 fully saturated rings. The molecule has 0 bridgehead atoms. The monoisotopic (exact) mass is 460 g/mol. The van der Waals surface area contributed by atoms with Gasteiger partial charge in [0.05, 0.1) is 6.08 Å². The van der Waals surface area contributed by atoms with E-state index in [0.29, 0.717) is 0 Å². The van der Waals surface area contributed by atoms with Gasteiger partial charge >= 0.3 is 16.5 Å². The molecule has 170 valence electrons. The maximum Gasteiger partial charge on any atom is 2.00 e. The Morgan fingerprint density at radius 3 is 2.19 bits per heavy atom. The van der Waals surface area contributed by atoms with Crippen LogP contribution in [0.3, 0.4) is 0 Å². The minimum atomic E-state index is 0. The first-order valence-corrected chi connectivity index (χ1v) is 10.5. The number of nitrogens with zero attached hydrogens (tertiary/aromatic N) is 2. The Morgan fingerprint density at radius 2 is 1.58 bits per heavy atom. The summed E-state index contributed by atoms with van der Waals surface area (Å²) in [4.78, 5) is 3.11. The normalized spacial score (nSPS) is 10.3. The number of aryl methyl sites for hydroxylation is 2. The van der Waals surface area contributed by atoms with Gasteiger partial charge in [-0.1, -0.05) is 87.2 Å². The average molecular weight is 461 g/mol. The van der Waals surface area contributed by atoms with Crippen molar-refractivity contribution in [2.45, 2.75) is 65.7 Å². The molecule has 0 aromatic heterocycles. The quantitative estimate of drug-likeness (QED) is 0.0653. The molecule has 2 rings (SSSR count). The van der Waals surface area contributed by atoms with Gasteiger partial charge in [-0.05, 0) is 60.4 Å². The van der Waals surface area contributed by atoms with Gasteiger partial charge in [-0.2, -0.15) is 0 Å². The molecule has 31 heavy (non-hydrogen) atoms. The Hall–Kier alpha value is -2.17. The van der Waals surface area contributed by atoms with Crippen LogP contribution in [0, 0.1) is 21.8 Å². The van der Waals surface area contributed by atoms with Crippen LogP contribution in [0.5, 0.6) is 0 Å². The topological polar surface area (TPSA) is 36.4 Å². The molecular weight excluding hydrogens is 423 g/mol. The van der Waals surface area contributed by atoms with Crippen LogP contribution in [0.4, 0.5) is 0 Å². The van der Waals surface area contributed by atoms with Crippen LogP contribution in [-0.2, 0) is 22.9 Å². The summed E-state index contributed by atoms with van der Waals surface area (Å²) in [6.07, 6.45) is 9.76. The predicted octanol–water partition coefficient (Wildman–Crippen LogP) is 8.07. The Balaban J connectivity index is 0. The molecule has 0 saturated heterocycles. The molecule has 2 aromatic rings. The van der Waals surface area contributed by atoms with E-state index >= 15 is 0 Å². The van der Waals surface area contributed by atoms with E-state index < -0.39 is 0 Å². The molecule has 0 unspecified atom stereocenters. The van der Waals surface area contributed by atoms with E-state index in [1.807, 2.05) is 6.08 Å². The van der Waals surface area contributed by atoms with Crippen LogP contribution >= 0.6 is 0 Å². The van der Waals surface area contributed by atoms with Crippen LogP contribution in [-0.4, -0.2) is 10.7 Å². The summed E-state index contributed by atoms with van der Waals surface area (Å²) in [7, 11) is 0. The molecule has 0 amide bonds. The van der Waals surface area contributed by atoms with Crippen molar-refractivity contribution in [2.24, 2.45) is 0 Å². The summed E-state index contributed by atoms with van der Waals surface area (Å²) < 4.78 is 0. The van der Waals surface area contributed by atoms with Crippen LogP contribution in [0.25, 0.3) is 11.1 Å². The molecule has 0 aliphatic rings. The number of benzene rings is 2. The third kappa shape index (κ3) is 10.1. The van der Waals surface area contributed by atoms with Gasteiger partial charge in [0.1, 0.15) is 0 Å². The molecule has 3 heteroatoms. The molecule has 0 atom stereocenters. The summed E-state index contributed by atoms with van der Waals surface area (Å²) in [5.74, 6) is 2.66. The van der Waals surface area contributed by atoms with Gasteiger partial charge in [0.25, 0.3) is 5.87 Å². The maximum atomic E-state index is 8.96. The second-order valence-corrected chi connectivity index (χ2v) is 7.40. The first-order valence-electron chi connectivity index (χ1n) is 10.5. The van der Waals surface area contributed by atoms with Crippen LogP contribution in [0.15, 0.2) is 60.2 Å². The molecule has 2 nitrogen and oxygen atoms in total. The van der Waals surface area contributed by atoms with Crippen molar-refractivity contribution in [2.75, 3.05) is 0 Å². The van der Waals surface area contributed by atoms with E-state index in [2.05, 4.69) is 80.0 Å². The Bertz CT molecular complexity index is 885. The third-order valence-electron chi connectivity index (χ3n) is 5.01. The minimum Gasteiger partial charge on any atom is -0.358 e. The average Bonchev–Trinajstić information content (AvgIpc) is 2.71. The van der Waals surface area contributed by atoms with Crippen molar-refractivity contribution in [3.63, 3.8) is 0 Å². The summed E-state index contributed by atoms with van der Waals surface area (Å²) in [5.41, 5.74) is 16.4. The predicted molar refractivity (Wildman–Crippen MR) is 132 cm³/mol. The van der Waals surface area contributed by atoms with E-state index in [1.54, 1.807) is 0 Å². The van der Waals surface area contributed by atoms with Gasteiger partial charge in [0, 0.05) is 0 Å². The smallest absolute Gasteiger partial charge is 0.358 e. The first kappa shape index (κ1) is 31.0. The number of hydrogen-bond donors (Lipinski definition) is 0. The van der Waals surface area contributed by atoms with E-state index in [4.69, 9.17) is 5.53 Å². The largest absolute Gasteiger partial charge is 2.00 e. The minimum absolute atomic E-state index is 0. The van der Waals surface area contributed by atoms with Gasteiger partial charge < -0.3 is 20.4 Å². The zero-order valence-electron chi connectivity index (χ0n) is 19.9. The van der Waals surface area contributed by atoms with E-state index in [1.165, 1.54) is 59.1 Å². The van der Waals surface area contributed by atoms with Crippen LogP contribution < -0.4 is 0 Å². The van der Waals surface area contributed by atoms with Gasteiger partial charge in [0.2, 0.25) is 0 Å². The molecule has 2 aromatic carbocycles. The standard InChI is InChI=1S/C26H32N2.2CH3.Ni/c1-4-6-8-14-23(17-18-28-27)26(24-15-9-11-21(3)19-24)25-16-10-13-22(20-25)12-7-5-2;;;/h9-11,13,15-17,19-20H,4-8,12,14H2,1-3H3;2*1H3;/q;2*-1;+2. The third-order valence-corrected chi connectivity index (χ3v) is 5.01. The molecule has 0 N–H and O–H groups in total. The van der Waals surface area contributed by atoms with Gasteiger partial charge in [-0.3, -0.25) is 0 Å². The number of allylic oxidation sites excluding steroid dienone is 2. The molecule has 0 aliphatic heterocycles. The second kappa shape index (κ2) is 17.5. The van der Waals surface area contributed by atoms with Gasteiger partial charge in [-0.25, -0.2) is 0 Å². The summed E-state index contributed by atoms with van der Waals surface area (Å²) in [5, 5.41) is 0. The fourth-order valence-electron chi connectivity index (χ4n) is 3.54. The number of hydrogen-bond acceptors (Lipinski definition) is 0. The number of unbranched alkanes of at least 4 members (excludes halogenated alkanes) is 3. The Kier molecular flexibility index (Phi) is 17.5. The molecule has 0 radical (unpaired) electrons. The summed E-state index contributed by atoms with van der Waals surface area (Å²) in [6, 6.07) is 17.5. The van der Waals surface area contributed by atoms with Crippen LogP contribution in [0.2, 0.25) is 0 Å². The molecule has 0 spiro atoms. The van der Waals surface area contributed by atoms with Crippen molar-refractivity contribution in [1.29, 1.82) is 0 Å². The molecule has 0 heterocycles. The van der Waals surface area contributed by atoms with E-state index in [9.17, 15) is 0 Å². The first-order chi connectivity index (χ1) is 13.7. The zero-order valence-corrected chi connectivity index (χ0v) is 20.8. The van der Waals surface area contributed by atoms with Crippen molar-refractivity contribution < 1.29 is 21.3 Å². The van der Waals surface area contributed by atoms with Gasteiger partial charge in [-0.15, -0.1) is 4.79 Å². The SMILES string of the molecule is CCCCCC(C=C=[N+]=[N-])=C(c1cccc(C)c1)c1cccc(CCCC)c1.[CH3-].[CH3-].[Ni+2]. The van der Waals surface area contributed by atoms with Crippen LogP contribution in [0.1, 0.15) is 74.6 Å².